The topological polar surface area (TPSA) is 38.8 Å². The second-order valence-corrected chi connectivity index (χ2v) is 6.97. The van der Waals surface area contributed by atoms with Crippen LogP contribution in [0.1, 0.15) is 26.7 Å². The number of likely N-dealkylation sites (N-methyl/N-ethyl adjacent to an activating group) is 1. The molecular formula is C16H32N4O. The van der Waals surface area contributed by atoms with Crippen molar-refractivity contribution in [2.24, 2.45) is 5.92 Å². The maximum absolute atomic E-state index is 12.3. The first-order chi connectivity index (χ1) is 10.0. The lowest BCUT2D eigenvalue weighted by molar-refractivity contribution is -0.134. The van der Waals surface area contributed by atoms with Gasteiger partial charge < -0.3 is 15.1 Å². The molecule has 2 fully saturated rings. The van der Waals surface area contributed by atoms with E-state index in [9.17, 15) is 4.79 Å². The molecule has 2 rings (SSSR count). The number of nitrogens with one attached hydrogen (secondary N) is 1. The van der Waals surface area contributed by atoms with Crippen molar-refractivity contribution < 1.29 is 4.79 Å². The molecule has 5 heteroatoms. The number of hydrogen-bond acceptors (Lipinski definition) is 4. The fourth-order valence-electron chi connectivity index (χ4n) is 3.10. The van der Waals surface area contributed by atoms with Crippen LogP contribution in [0.3, 0.4) is 0 Å². The molecule has 0 spiro atoms. The molecule has 0 saturated carbocycles. The molecule has 0 aromatic rings. The molecule has 5 nitrogen and oxygen atoms in total. The molecule has 122 valence electrons. The van der Waals surface area contributed by atoms with Gasteiger partial charge in [0.05, 0.1) is 6.54 Å². The second-order valence-electron chi connectivity index (χ2n) is 6.97. The molecule has 2 saturated heterocycles. The van der Waals surface area contributed by atoms with Crippen molar-refractivity contribution >= 4 is 5.91 Å². The van der Waals surface area contributed by atoms with Gasteiger partial charge in [-0.05, 0) is 45.4 Å². The first kappa shape index (κ1) is 16.7. The highest BCUT2D eigenvalue weighted by Crippen LogP contribution is 2.16. The highest BCUT2D eigenvalue weighted by molar-refractivity contribution is 5.78. The van der Waals surface area contributed by atoms with E-state index in [1.807, 2.05) is 4.90 Å². The number of amides is 1. The SMILES string of the molecule is CC(C)NCC1CCN(CC(=O)N2CCN(C)CC2)CC1. The molecule has 0 aromatic carbocycles. The lowest BCUT2D eigenvalue weighted by Crippen LogP contribution is -2.51. The van der Waals surface area contributed by atoms with Crippen LogP contribution in [0.2, 0.25) is 0 Å². The van der Waals surface area contributed by atoms with Gasteiger partial charge >= 0.3 is 0 Å². The third-order valence-electron chi connectivity index (χ3n) is 4.74. The summed E-state index contributed by atoms with van der Waals surface area (Å²) in [5.74, 6) is 1.10. The molecule has 2 aliphatic rings. The molecular weight excluding hydrogens is 264 g/mol. The van der Waals surface area contributed by atoms with Gasteiger partial charge in [-0.15, -0.1) is 0 Å². The molecule has 0 aliphatic carbocycles. The van der Waals surface area contributed by atoms with E-state index >= 15 is 0 Å². The molecule has 2 heterocycles. The number of likely N-dealkylation sites (tertiary alicyclic amines) is 1. The Morgan fingerprint density at radius 3 is 2.29 bits per heavy atom. The van der Waals surface area contributed by atoms with Crippen molar-refractivity contribution in [1.82, 2.24) is 20.0 Å². The van der Waals surface area contributed by atoms with E-state index in [1.165, 1.54) is 12.8 Å². The Labute approximate surface area is 129 Å². The van der Waals surface area contributed by atoms with Gasteiger partial charge in [0.15, 0.2) is 0 Å². The van der Waals surface area contributed by atoms with Crippen molar-refractivity contribution in [2.75, 3.05) is 59.4 Å². The van der Waals surface area contributed by atoms with Gasteiger partial charge in [0, 0.05) is 32.2 Å². The Hall–Kier alpha value is -0.650. The van der Waals surface area contributed by atoms with Gasteiger partial charge in [-0.25, -0.2) is 0 Å². The van der Waals surface area contributed by atoms with E-state index in [4.69, 9.17) is 0 Å². The smallest absolute Gasteiger partial charge is 0.236 e. The minimum absolute atomic E-state index is 0.321. The van der Waals surface area contributed by atoms with Gasteiger partial charge in [0.25, 0.3) is 0 Å². The van der Waals surface area contributed by atoms with E-state index in [0.29, 0.717) is 18.5 Å². The van der Waals surface area contributed by atoms with Crippen molar-refractivity contribution in [1.29, 1.82) is 0 Å². The lowest BCUT2D eigenvalue weighted by atomic mass is 9.96. The highest BCUT2D eigenvalue weighted by atomic mass is 16.2. The van der Waals surface area contributed by atoms with Gasteiger partial charge in [0.1, 0.15) is 0 Å². The standard InChI is InChI=1S/C16H32N4O/c1-14(2)17-12-15-4-6-19(7-5-15)13-16(21)20-10-8-18(3)9-11-20/h14-15,17H,4-13H2,1-3H3. The van der Waals surface area contributed by atoms with Crippen LogP contribution in [0.25, 0.3) is 0 Å². The predicted octanol–water partition coefficient (Wildman–Crippen LogP) is 0.470. The summed E-state index contributed by atoms with van der Waals surface area (Å²) < 4.78 is 0. The molecule has 0 radical (unpaired) electrons. The summed E-state index contributed by atoms with van der Waals surface area (Å²) in [4.78, 5) is 19.0. The third-order valence-corrected chi connectivity index (χ3v) is 4.74. The van der Waals surface area contributed by atoms with Crippen molar-refractivity contribution in [3.8, 4) is 0 Å². The Kier molecular flexibility index (Phi) is 6.45. The summed E-state index contributed by atoms with van der Waals surface area (Å²) in [6.07, 6.45) is 2.44. The van der Waals surface area contributed by atoms with E-state index in [0.717, 1.165) is 51.7 Å². The fraction of sp³-hybridized carbons (Fsp3) is 0.938. The zero-order valence-electron chi connectivity index (χ0n) is 14.0. The summed E-state index contributed by atoms with van der Waals surface area (Å²) >= 11 is 0. The summed E-state index contributed by atoms with van der Waals surface area (Å²) in [6, 6.07) is 0.571. The Balaban J connectivity index is 1.65. The zero-order chi connectivity index (χ0) is 15.2. The second kappa shape index (κ2) is 8.11. The van der Waals surface area contributed by atoms with E-state index in [2.05, 4.69) is 36.0 Å². The molecule has 0 atom stereocenters. The summed E-state index contributed by atoms with van der Waals surface area (Å²) in [7, 11) is 2.12. The maximum atomic E-state index is 12.3. The Morgan fingerprint density at radius 2 is 1.71 bits per heavy atom. The molecule has 2 aliphatic heterocycles. The first-order valence-corrected chi connectivity index (χ1v) is 8.46. The summed E-state index contributed by atoms with van der Waals surface area (Å²) in [5, 5.41) is 3.53. The van der Waals surface area contributed by atoms with Crippen molar-refractivity contribution in [2.45, 2.75) is 32.7 Å². The molecule has 21 heavy (non-hydrogen) atoms. The largest absolute Gasteiger partial charge is 0.339 e. The Morgan fingerprint density at radius 1 is 1.10 bits per heavy atom. The van der Waals surface area contributed by atoms with Gasteiger partial charge in [-0.3, -0.25) is 9.69 Å². The molecule has 0 unspecified atom stereocenters. The quantitative estimate of drug-likeness (QED) is 0.800. The summed E-state index contributed by atoms with van der Waals surface area (Å²) in [5.41, 5.74) is 0. The number of piperazine rings is 1. The molecule has 0 bridgehead atoms. The van der Waals surface area contributed by atoms with Gasteiger partial charge in [-0.2, -0.15) is 0 Å². The lowest BCUT2D eigenvalue weighted by Gasteiger charge is -2.36. The number of carbonyl (C=O) groups is 1. The van der Waals surface area contributed by atoms with E-state index in [1.54, 1.807) is 0 Å². The number of hydrogen-bond donors (Lipinski definition) is 1. The minimum Gasteiger partial charge on any atom is -0.339 e. The van der Waals surface area contributed by atoms with Crippen LogP contribution in [0.5, 0.6) is 0 Å². The normalized spacial score (nSPS) is 23.0. The maximum Gasteiger partial charge on any atom is 0.236 e. The van der Waals surface area contributed by atoms with Gasteiger partial charge in [-0.1, -0.05) is 13.8 Å². The Bertz CT molecular complexity index is 318. The van der Waals surface area contributed by atoms with Crippen molar-refractivity contribution in [3.63, 3.8) is 0 Å². The van der Waals surface area contributed by atoms with E-state index in [-0.39, 0.29) is 0 Å². The predicted molar refractivity (Wildman–Crippen MR) is 86.4 cm³/mol. The monoisotopic (exact) mass is 296 g/mol. The average Bonchev–Trinajstić information content (AvgIpc) is 2.47. The van der Waals surface area contributed by atoms with Gasteiger partial charge in [0.2, 0.25) is 5.91 Å². The summed E-state index contributed by atoms with van der Waals surface area (Å²) in [6.45, 7) is 12.1. The number of carbonyl (C=O) groups excluding carboxylic acids is 1. The van der Waals surface area contributed by atoms with Crippen LogP contribution in [-0.4, -0.2) is 86.1 Å². The number of rotatable bonds is 5. The van der Waals surface area contributed by atoms with Crippen LogP contribution >= 0.6 is 0 Å². The molecule has 1 N–H and O–H groups in total. The minimum atomic E-state index is 0.321. The van der Waals surface area contributed by atoms with E-state index < -0.39 is 0 Å². The van der Waals surface area contributed by atoms with Crippen molar-refractivity contribution in [3.05, 3.63) is 0 Å². The third kappa shape index (κ3) is 5.57. The van der Waals surface area contributed by atoms with Crippen LogP contribution in [-0.2, 0) is 4.79 Å². The first-order valence-electron chi connectivity index (χ1n) is 8.46. The van der Waals surface area contributed by atoms with Crippen LogP contribution in [0.15, 0.2) is 0 Å². The number of nitrogens with zero attached hydrogens (tertiary/aromatic N) is 3. The fourth-order valence-corrected chi connectivity index (χ4v) is 3.10. The van der Waals surface area contributed by atoms with Crippen LogP contribution in [0.4, 0.5) is 0 Å². The molecule has 0 aromatic heterocycles. The number of piperidine rings is 1. The average molecular weight is 296 g/mol. The van der Waals surface area contributed by atoms with Crippen LogP contribution < -0.4 is 5.32 Å². The molecule has 1 amide bonds. The van der Waals surface area contributed by atoms with Crippen LogP contribution in [0, 0.1) is 5.92 Å². The zero-order valence-corrected chi connectivity index (χ0v) is 14.0. The highest BCUT2D eigenvalue weighted by Gasteiger charge is 2.24.